The number of nitrogens with one attached hydrogen (secondary N) is 1. The summed E-state index contributed by atoms with van der Waals surface area (Å²) in [5.41, 5.74) is 2.22. The van der Waals surface area contributed by atoms with E-state index < -0.39 is 15.9 Å². The smallest absolute Gasteiger partial charge is 0.239 e. The largest absolute Gasteiger partial charge is 0.495 e. The Morgan fingerprint density at radius 2 is 1.88 bits per heavy atom. The molecule has 0 aliphatic heterocycles. The third kappa shape index (κ3) is 5.44. The highest BCUT2D eigenvalue weighted by atomic mass is 32.2. The Bertz CT molecular complexity index is 893. The van der Waals surface area contributed by atoms with E-state index in [1.165, 1.54) is 20.2 Å². The van der Waals surface area contributed by atoms with Crippen LogP contribution in [0.1, 0.15) is 11.1 Å². The maximum Gasteiger partial charge on any atom is 0.239 e. The van der Waals surface area contributed by atoms with Gasteiger partial charge in [-0.25, -0.2) is 8.42 Å². The molecule has 0 saturated carbocycles. The summed E-state index contributed by atoms with van der Waals surface area (Å²) in [6, 6.07) is 14.4. The van der Waals surface area contributed by atoms with Gasteiger partial charge in [-0.05, 0) is 36.3 Å². The molecule has 26 heavy (non-hydrogen) atoms. The van der Waals surface area contributed by atoms with Gasteiger partial charge in [0.1, 0.15) is 5.75 Å². The second-order valence-electron chi connectivity index (χ2n) is 5.77. The van der Waals surface area contributed by atoms with Crippen molar-refractivity contribution in [2.75, 3.05) is 26.0 Å². The normalized spacial score (nSPS) is 11.7. The van der Waals surface area contributed by atoms with E-state index >= 15 is 0 Å². The number of hydrogen-bond acceptors (Lipinski definition) is 4. The number of anilines is 1. The van der Waals surface area contributed by atoms with Crippen LogP contribution in [-0.2, 0) is 14.8 Å². The van der Waals surface area contributed by atoms with Crippen LogP contribution in [0.15, 0.2) is 53.9 Å². The molecule has 138 valence electrons. The quantitative estimate of drug-likeness (QED) is 0.809. The van der Waals surface area contributed by atoms with E-state index in [4.69, 9.17) is 4.74 Å². The molecule has 0 radical (unpaired) electrons. The first-order chi connectivity index (χ1) is 12.3. The fraction of sp³-hybridized carbons (Fsp3) is 0.211. The number of hydrogen-bond donors (Lipinski definition) is 1. The number of amides is 1. The zero-order valence-electron chi connectivity index (χ0n) is 15.0. The Morgan fingerprint density at radius 3 is 2.54 bits per heavy atom. The monoisotopic (exact) mass is 374 g/mol. The molecule has 1 N–H and O–H groups in total. The number of carbonyl (C=O) groups excluding carboxylic acids is 1. The van der Waals surface area contributed by atoms with Gasteiger partial charge in [0, 0.05) is 12.5 Å². The molecule has 0 spiro atoms. The highest BCUT2D eigenvalue weighted by molar-refractivity contribution is 7.92. The number of benzene rings is 2. The van der Waals surface area contributed by atoms with Crippen LogP contribution in [0.4, 0.5) is 5.69 Å². The zero-order valence-corrected chi connectivity index (χ0v) is 15.8. The summed E-state index contributed by atoms with van der Waals surface area (Å²) < 4.78 is 30.8. The second-order valence-corrected chi connectivity index (χ2v) is 7.69. The molecule has 2 aromatic rings. The van der Waals surface area contributed by atoms with E-state index in [-0.39, 0.29) is 6.54 Å². The molecular weight excluding hydrogens is 352 g/mol. The van der Waals surface area contributed by atoms with Gasteiger partial charge in [-0.2, -0.15) is 4.31 Å². The van der Waals surface area contributed by atoms with E-state index in [1.807, 2.05) is 31.2 Å². The summed E-state index contributed by atoms with van der Waals surface area (Å²) in [4.78, 5) is 12.2. The third-order valence-electron chi connectivity index (χ3n) is 3.66. The van der Waals surface area contributed by atoms with Crippen molar-refractivity contribution in [2.45, 2.75) is 6.92 Å². The van der Waals surface area contributed by atoms with Crippen LogP contribution in [-0.4, -0.2) is 39.3 Å². The van der Waals surface area contributed by atoms with E-state index in [1.54, 1.807) is 24.3 Å². The van der Waals surface area contributed by atoms with Crippen molar-refractivity contribution in [1.29, 1.82) is 0 Å². The molecular formula is C19H22N2O4S. The molecule has 0 bridgehead atoms. The minimum absolute atomic E-state index is 0.307. The lowest BCUT2D eigenvalue weighted by atomic mass is 10.2. The fourth-order valence-electron chi connectivity index (χ4n) is 2.23. The average molecular weight is 374 g/mol. The van der Waals surface area contributed by atoms with Crippen molar-refractivity contribution in [3.63, 3.8) is 0 Å². The molecule has 0 heterocycles. The van der Waals surface area contributed by atoms with Crippen molar-refractivity contribution in [2.24, 2.45) is 0 Å². The number of carbonyl (C=O) groups is 1. The summed E-state index contributed by atoms with van der Waals surface area (Å²) >= 11 is 0. The molecule has 0 atom stereocenters. The van der Waals surface area contributed by atoms with E-state index in [0.717, 1.165) is 20.8 Å². The van der Waals surface area contributed by atoms with Crippen LogP contribution in [0.2, 0.25) is 0 Å². The summed E-state index contributed by atoms with van der Waals surface area (Å²) in [5, 5.41) is 3.77. The molecule has 0 aliphatic carbocycles. The lowest BCUT2D eigenvalue weighted by Crippen LogP contribution is -2.33. The number of rotatable bonds is 7. The van der Waals surface area contributed by atoms with Gasteiger partial charge in [-0.1, -0.05) is 36.4 Å². The molecule has 0 saturated heterocycles. The standard InChI is InChI=1S/C19H22N2O4S/c1-15-9-10-18(25-3)17(13-15)20-19(22)14-21(2)26(23,24)12-11-16-7-5-4-6-8-16/h4-13H,14H2,1-3H3,(H,20,22)/b12-11+. The Labute approximate surface area is 154 Å². The average Bonchev–Trinajstić information content (AvgIpc) is 2.61. The van der Waals surface area contributed by atoms with Crippen LogP contribution in [0, 0.1) is 6.92 Å². The van der Waals surface area contributed by atoms with E-state index in [9.17, 15) is 13.2 Å². The van der Waals surface area contributed by atoms with Gasteiger partial charge >= 0.3 is 0 Å². The SMILES string of the molecule is COc1ccc(C)cc1NC(=O)CN(C)S(=O)(=O)/C=C/c1ccccc1. The van der Waals surface area contributed by atoms with Gasteiger partial charge in [0.2, 0.25) is 15.9 Å². The van der Waals surface area contributed by atoms with Crippen LogP contribution in [0.5, 0.6) is 5.75 Å². The van der Waals surface area contributed by atoms with E-state index in [2.05, 4.69) is 5.32 Å². The van der Waals surface area contributed by atoms with Crippen molar-refractivity contribution in [3.05, 3.63) is 65.1 Å². The minimum atomic E-state index is -3.71. The molecule has 0 aliphatic rings. The Morgan fingerprint density at radius 1 is 1.19 bits per heavy atom. The van der Waals surface area contributed by atoms with Crippen LogP contribution >= 0.6 is 0 Å². The Kier molecular flexibility index (Phi) is 6.54. The maximum atomic E-state index is 12.3. The number of sulfonamides is 1. The lowest BCUT2D eigenvalue weighted by molar-refractivity contribution is -0.116. The van der Waals surface area contributed by atoms with Gasteiger partial charge < -0.3 is 10.1 Å². The summed E-state index contributed by atoms with van der Waals surface area (Å²) in [7, 11) is -0.845. The van der Waals surface area contributed by atoms with Crippen molar-refractivity contribution >= 4 is 27.7 Å². The predicted octanol–water partition coefficient (Wildman–Crippen LogP) is 2.87. The highest BCUT2D eigenvalue weighted by Crippen LogP contribution is 2.25. The number of nitrogens with zero attached hydrogens (tertiary/aromatic N) is 1. The van der Waals surface area contributed by atoms with Crippen LogP contribution < -0.4 is 10.1 Å². The molecule has 1 amide bonds. The predicted molar refractivity (Wildman–Crippen MR) is 103 cm³/mol. The van der Waals surface area contributed by atoms with Crippen molar-refractivity contribution in [3.8, 4) is 5.75 Å². The third-order valence-corrected chi connectivity index (χ3v) is 5.14. The molecule has 6 nitrogen and oxygen atoms in total. The maximum absolute atomic E-state index is 12.3. The first kappa shape index (κ1) is 19.7. The molecule has 7 heteroatoms. The summed E-state index contributed by atoms with van der Waals surface area (Å²) in [6.45, 7) is 1.58. The number of ether oxygens (including phenoxy) is 1. The Hall–Kier alpha value is -2.64. The minimum Gasteiger partial charge on any atom is -0.495 e. The summed E-state index contributed by atoms with van der Waals surface area (Å²) in [6.07, 6.45) is 1.49. The molecule has 2 rings (SSSR count). The summed E-state index contributed by atoms with van der Waals surface area (Å²) in [5.74, 6) is 0.0616. The Balaban J connectivity index is 2.04. The molecule has 2 aromatic carbocycles. The van der Waals surface area contributed by atoms with Gasteiger partial charge in [-0.3, -0.25) is 4.79 Å². The van der Waals surface area contributed by atoms with Gasteiger partial charge in [0.15, 0.2) is 0 Å². The van der Waals surface area contributed by atoms with Crippen molar-refractivity contribution in [1.82, 2.24) is 4.31 Å². The van der Waals surface area contributed by atoms with Gasteiger partial charge in [0.05, 0.1) is 19.3 Å². The molecule has 0 fully saturated rings. The van der Waals surface area contributed by atoms with Gasteiger partial charge in [-0.15, -0.1) is 0 Å². The lowest BCUT2D eigenvalue weighted by Gasteiger charge is -2.16. The van der Waals surface area contributed by atoms with E-state index in [0.29, 0.717) is 11.4 Å². The fourth-order valence-corrected chi connectivity index (χ4v) is 3.07. The first-order valence-corrected chi connectivity index (χ1v) is 9.46. The topological polar surface area (TPSA) is 75.7 Å². The van der Waals surface area contributed by atoms with Crippen molar-refractivity contribution < 1.29 is 17.9 Å². The van der Waals surface area contributed by atoms with Gasteiger partial charge in [0.25, 0.3) is 0 Å². The van der Waals surface area contributed by atoms with Crippen LogP contribution in [0.3, 0.4) is 0 Å². The van der Waals surface area contributed by atoms with Crippen LogP contribution in [0.25, 0.3) is 6.08 Å². The molecule has 0 unspecified atom stereocenters. The number of aryl methyl sites for hydroxylation is 1. The molecule has 0 aromatic heterocycles. The second kappa shape index (κ2) is 8.64. The number of methoxy groups -OCH3 is 1. The highest BCUT2D eigenvalue weighted by Gasteiger charge is 2.18. The zero-order chi connectivity index (χ0) is 19.2. The first-order valence-electron chi connectivity index (χ1n) is 7.96. The number of likely N-dealkylation sites (N-methyl/N-ethyl adjacent to an activating group) is 1.